The summed E-state index contributed by atoms with van der Waals surface area (Å²) in [4.78, 5) is 20.3. The van der Waals surface area contributed by atoms with E-state index in [0.29, 0.717) is 28.3 Å². The molecule has 0 saturated heterocycles. The van der Waals surface area contributed by atoms with E-state index in [1.165, 1.54) is 24.5 Å². The van der Waals surface area contributed by atoms with Crippen LogP contribution < -0.4 is 10.1 Å². The van der Waals surface area contributed by atoms with Crippen molar-refractivity contribution in [1.29, 1.82) is 0 Å². The van der Waals surface area contributed by atoms with Crippen LogP contribution >= 0.6 is 11.3 Å². The van der Waals surface area contributed by atoms with E-state index in [1.54, 1.807) is 24.4 Å². The predicted molar refractivity (Wildman–Crippen MR) is 143 cm³/mol. The number of H-pyrrole nitrogens is 1. The topological polar surface area (TPSA) is 107 Å². The van der Waals surface area contributed by atoms with Gasteiger partial charge in [-0.2, -0.15) is 0 Å². The largest absolute Gasteiger partial charge is 0.504 e. The van der Waals surface area contributed by atoms with Gasteiger partial charge in [0.25, 0.3) is 5.91 Å². The molecule has 0 spiro atoms. The predicted octanol–water partition coefficient (Wildman–Crippen LogP) is 6.24. The molecule has 0 bridgehead atoms. The minimum Gasteiger partial charge on any atom is -0.504 e. The first-order valence-corrected chi connectivity index (χ1v) is 12.1. The van der Waals surface area contributed by atoms with Gasteiger partial charge in [0.2, 0.25) is 0 Å². The van der Waals surface area contributed by atoms with E-state index in [2.05, 4.69) is 15.3 Å². The Morgan fingerprint density at radius 1 is 1.06 bits per heavy atom. The van der Waals surface area contributed by atoms with Gasteiger partial charge in [-0.15, -0.1) is 11.3 Å². The molecule has 8 heteroatoms. The van der Waals surface area contributed by atoms with Gasteiger partial charge in [-0.05, 0) is 65.4 Å². The van der Waals surface area contributed by atoms with Crippen LogP contribution in [0.3, 0.4) is 0 Å². The Morgan fingerprint density at radius 3 is 2.58 bits per heavy atom. The molecule has 0 radical (unpaired) electrons. The normalized spacial score (nSPS) is 11.2. The number of amides is 1. The first kappa shape index (κ1) is 23.2. The zero-order chi connectivity index (χ0) is 25.1. The van der Waals surface area contributed by atoms with Gasteiger partial charge >= 0.3 is 0 Å². The van der Waals surface area contributed by atoms with E-state index >= 15 is 0 Å². The molecule has 0 aliphatic carbocycles. The number of ether oxygens (including phenoxy) is 1. The zero-order valence-electron chi connectivity index (χ0n) is 19.4. The van der Waals surface area contributed by atoms with E-state index in [1.807, 2.05) is 53.9 Å². The Morgan fingerprint density at radius 2 is 1.86 bits per heavy atom. The third-order valence-corrected chi connectivity index (χ3v) is 6.62. The third kappa shape index (κ3) is 4.94. The van der Waals surface area contributed by atoms with E-state index in [9.17, 15) is 15.0 Å². The third-order valence-electron chi connectivity index (χ3n) is 5.75. The Labute approximate surface area is 211 Å². The van der Waals surface area contributed by atoms with Crippen LogP contribution in [0.4, 0.5) is 11.4 Å². The molecule has 0 unspecified atom stereocenters. The average Bonchev–Trinajstić information content (AvgIpc) is 3.52. The van der Waals surface area contributed by atoms with Gasteiger partial charge in [-0.1, -0.05) is 24.3 Å². The highest BCUT2D eigenvalue weighted by Crippen LogP contribution is 2.31. The number of fused-ring (bicyclic) bond motifs is 1. The summed E-state index contributed by atoms with van der Waals surface area (Å²) in [6.07, 6.45) is 2.26. The fourth-order valence-electron chi connectivity index (χ4n) is 3.93. The number of carbonyl (C=O) groups excluding carboxylic acids is 1. The molecular weight excluding hydrogens is 474 g/mol. The maximum Gasteiger partial charge on any atom is 0.265 e. The lowest BCUT2D eigenvalue weighted by molar-refractivity contribution is 0.103. The number of nitrogens with one attached hydrogen (secondary N) is 2. The molecule has 4 N–H and O–H groups in total. The molecule has 180 valence electrons. The summed E-state index contributed by atoms with van der Waals surface area (Å²) >= 11 is 1.41. The van der Waals surface area contributed by atoms with Crippen molar-refractivity contribution in [2.75, 3.05) is 12.4 Å². The molecule has 5 aromatic rings. The molecule has 36 heavy (non-hydrogen) atoms. The number of benzene rings is 3. The summed E-state index contributed by atoms with van der Waals surface area (Å²) in [5.41, 5.74) is 4.78. The molecular formula is C28H23N3O4S. The van der Waals surface area contributed by atoms with Crippen LogP contribution in [-0.4, -0.2) is 34.4 Å². The van der Waals surface area contributed by atoms with Crippen LogP contribution in [0.15, 0.2) is 83.2 Å². The van der Waals surface area contributed by atoms with Gasteiger partial charge in [-0.3, -0.25) is 9.79 Å². The van der Waals surface area contributed by atoms with E-state index in [-0.39, 0.29) is 17.5 Å². The molecule has 3 aromatic carbocycles. The summed E-state index contributed by atoms with van der Waals surface area (Å²) in [5, 5.41) is 26.1. The number of carbonyl (C=O) groups is 1. The molecule has 0 fully saturated rings. The monoisotopic (exact) mass is 497 g/mol. The summed E-state index contributed by atoms with van der Waals surface area (Å²) in [6.45, 7) is 0. The molecule has 0 saturated carbocycles. The molecule has 2 heterocycles. The van der Waals surface area contributed by atoms with Crippen LogP contribution in [0.5, 0.6) is 17.4 Å². The highest BCUT2D eigenvalue weighted by atomic mass is 32.1. The summed E-state index contributed by atoms with van der Waals surface area (Å²) < 4.78 is 5.06. The van der Waals surface area contributed by atoms with Crippen LogP contribution in [0.1, 0.15) is 26.4 Å². The minimum atomic E-state index is -0.116. The Balaban J connectivity index is 1.33. The highest BCUT2D eigenvalue weighted by Gasteiger charge is 2.11. The molecule has 1 amide bonds. The number of methoxy groups -OCH3 is 1. The van der Waals surface area contributed by atoms with Crippen molar-refractivity contribution in [3.05, 3.63) is 99.7 Å². The van der Waals surface area contributed by atoms with Crippen LogP contribution in [0.2, 0.25) is 0 Å². The minimum absolute atomic E-state index is 0.00492. The van der Waals surface area contributed by atoms with Crippen LogP contribution in [0, 0.1) is 0 Å². The fraction of sp³-hybridized carbons (Fsp3) is 0.0714. The van der Waals surface area contributed by atoms with Crippen molar-refractivity contribution < 1.29 is 19.7 Å². The van der Waals surface area contributed by atoms with Crippen LogP contribution in [-0.2, 0) is 6.42 Å². The number of thiophene rings is 1. The standard InChI is InChI=1S/C28H23N3O4S/c1-35-25-11-9-20(15-24(25)32)29-16-22-21-14-18(6-10-23(21)31-27(22)33)13-17-4-7-19(8-5-17)30-28(34)26-3-2-12-36-26/h2-12,14-16,31-33H,13H2,1H3,(H,30,34). The molecule has 5 rings (SSSR count). The second-order valence-electron chi connectivity index (χ2n) is 8.19. The van der Waals surface area contributed by atoms with Gasteiger partial charge < -0.3 is 25.3 Å². The zero-order valence-corrected chi connectivity index (χ0v) is 20.2. The number of hydrogen-bond donors (Lipinski definition) is 4. The highest BCUT2D eigenvalue weighted by molar-refractivity contribution is 7.12. The number of aromatic nitrogens is 1. The number of rotatable bonds is 7. The molecule has 0 aliphatic rings. The van der Waals surface area contributed by atoms with Crippen molar-refractivity contribution in [3.8, 4) is 17.4 Å². The summed E-state index contributed by atoms with van der Waals surface area (Å²) in [5.74, 6) is 0.269. The number of hydrogen-bond acceptors (Lipinski definition) is 6. The average molecular weight is 498 g/mol. The van der Waals surface area contributed by atoms with E-state index < -0.39 is 0 Å². The van der Waals surface area contributed by atoms with Gasteiger partial charge in [0.15, 0.2) is 17.4 Å². The number of nitrogens with zero attached hydrogens (tertiary/aromatic N) is 1. The number of aromatic amines is 1. The SMILES string of the molecule is COc1ccc(N=Cc2c(O)[nH]c3ccc(Cc4ccc(NC(=O)c5cccs5)cc4)cc23)cc1O. The fourth-order valence-corrected chi connectivity index (χ4v) is 4.55. The molecule has 2 aromatic heterocycles. The summed E-state index contributed by atoms with van der Waals surface area (Å²) in [7, 11) is 1.48. The van der Waals surface area contributed by atoms with Gasteiger partial charge in [0.1, 0.15) is 0 Å². The van der Waals surface area contributed by atoms with Crippen molar-refractivity contribution >= 4 is 45.7 Å². The Kier molecular flexibility index (Phi) is 6.42. The first-order chi connectivity index (χ1) is 17.5. The smallest absolute Gasteiger partial charge is 0.265 e. The maximum atomic E-state index is 12.2. The van der Waals surface area contributed by atoms with Crippen molar-refractivity contribution in [2.24, 2.45) is 4.99 Å². The quantitative estimate of drug-likeness (QED) is 0.200. The molecule has 7 nitrogen and oxygen atoms in total. The molecule has 0 aliphatic heterocycles. The van der Waals surface area contributed by atoms with E-state index in [0.717, 1.165) is 27.7 Å². The van der Waals surface area contributed by atoms with Crippen LogP contribution in [0.25, 0.3) is 10.9 Å². The number of aromatic hydroxyl groups is 2. The maximum absolute atomic E-state index is 12.2. The second kappa shape index (κ2) is 9.97. The number of phenolic OH excluding ortho intramolecular Hbond substituents is 1. The van der Waals surface area contributed by atoms with Crippen molar-refractivity contribution in [2.45, 2.75) is 6.42 Å². The van der Waals surface area contributed by atoms with E-state index in [4.69, 9.17) is 4.74 Å². The van der Waals surface area contributed by atoms with Gasteiger partial charge in [0, 0.05) is 28.9 Å². The number of phenols is 1. The van der Waals surface area contributed by atoms with Gasteiger partial charge in [-0.25, -0.2) is 0 Å². The number of aliphatic imine (C=N–C) groups is 1. The lowest BCUT2D eigenvalue weighted by Gasteiger charge is -2.06. The Bertz CT molecular complexity index is 1550. The van der Waals surface area contributed by atoms with Gasteiger partial charge in [0.05, 0.1) is 23.2 Å². The lowest BCUT2D eigenvalue weighted by atomic mass is 10.0. The van der Waals surface area contributed by atoms with Crippen molar-refractivity contribution in [3.63, 3.8) is 0 Å². The second-order valence-corrected chi connectivity index (χ2v) is 9.13. The first-order valence-electron chi connectivity index (χ1n) is 11.2. The van der Waals surface area contributed by atoms with Crippen molar-refractivity contribution in [1.82, 2.24) is 4.98 Å². The Hall–Kier alpha value is -4.56. The number of anilines is 1. The lowest BCUT2D eigenvalue weighted by Crippen LogP contribution is -2.09. The summed E-state index contributed by atoms with van der Waals surface area (Å²) in [6, 6.07) is 22.2. The molecule has 0 atom stereocenters.